The van der Waals surface area contributed by atoms with Crippen molar-refractivity contribution < 1.29 is 14.3 Å². The van der Waals surface area contributed by atoms with Gasteiger partial charge in [-0.1, -0.05) is 0 Å². The van der Waals surface area contributed by atoms with Crippen LogP contribution >= 0.6 is 11.8 Å². The molecule has 3 heterocycles. The first-order chi connectivity index (χ1) is 12.2. The van der Waals surface area contributed by atoms with Gasteiger partial charge >= 0.3 is 0 Å². The van der Waals surface area contributed by atoms with Crippen LogP contribution in [0.2, 0.25) is 0 Å². The highest BCUT2D eigenvalue weighted by Crippen LogP contribution is 2.32. The quantitative estimate of drug-likeness (QED) is 0.784. The summed E-state index contributed by atoms with van der Waals surface area (Å²) in [6.07, 6.45) is 1.91. The highest BCUT2D eigenvalue weighted by Gasteiger charge is 2.20. The second kappa shape index (κ2) is 6.89. The van der Waals surface area contributed by atoms with Crippen LogP contribution in [0.3, 0.4) is 0 Å². The molecule has 130 valence electrons. The molecule has 0 radical (unpaired) electrons. The molecular formula is C17H18N4O3S. The van der Waals surface area contributed by atoms with Crippen molar-refractivity contribution >= 4 is 35.1 Å². The lowest BCUT2D eigenvalue weighted by atomic mass is 9.97. The third kappa shape index (κ3) is 3.54. The van der Waals surface area contributed by atoms with Gasteiger partial charge in [0, 0.05) is 41.4 Å². The lowest BCUT2D eigenvalue weighted by Gasteiger charge is -2.20. The fourth-order valence-electron chi connectivity index (χ4n) is 3.03. The number of carbonyl (C=O) groups is 2. The van der Waals surface area contributed by atoms with Crippen LogP contribution < -0.4 is 10.6 Å². The number of amides is 2. The first-order valence-electron chi connectivity index (χ1n) is 8.20. The van der Waals surface area contributed by atoms with Gasteiger partial charge in [0.05, 0.1) is 11.4 Å². The molecule has 0 saturated carbocycles. The lowest BCUT2D eigenvalue weighted by molar-refractivity contribution is -0.113. The Morgan fingerprint density at radius 1 is 1.28 bits per heavy atom. The van der Waals surface area contributed by atoms with Crippen molar-refractivity contribution in [3.63, 3.8) is 0 Å². The summed E-state index contributed by atoms with van der Waals surface area (Å²) in [5.41, 5.74) is 2.18. The summed E-state index contributed by atoms with van der Waals surface area (Å²) in [7, 11) is 0. The predicted octanol–water partition coefficient (Wildman–Crippen LogP) is 2.60. The summed E-state index contributed by atoms with van der Waals surface area (Å²) in [5.74, 6) is 0.993. The molecule has 2 aromatic rings. The fraction of sp³-hybridized carbons (Fsp3) is 0.353. The van der Waals surface area contributed by atoms with Crippen LogP contribution in [0.25, 0.3) is 0 Å². The number of carbonyl (C=O) groups excluding carboxylic acids is 2. The number of benzene rings is 1. The average molecular weight is 358 g/mol. The third-order valence-electron chi connectivity index (χ3n) is 4.38. The molecule has 1 aromatic heterocycles. The van der Waals surface area contributed by atoms with E-state index in [4.69, 9.17) is 4.74 Å². The van der Waals surface area contributed by atoms with Crippen molar-refractivity contribution in [2.24, 2.45) is 0 Å². The molecule has 8 heteroatoms. The van der Waals surface area contributed by atoms with Crippen molar-refractivity contribution in [2.75, 3.05) is 29.6 Å². The Balaban J connectivity index is 1.46. The Labute approximate surface area is 148 Å². The van der Waals surface area contributed by atoms with Crippen molar-refractivity contribution in [3.8, 4) is 0 Å². The molecule has 2 aliphatic heterocycles. The van der Waals surface area contributed by atoms with Crippen LogP contribution in [0.5, 0.6) is 0 Å². The van der Waals surface area contributed by atoms with Gasteiger partial charge in [-0.15, -0.1) is 11.8 Å². The fourth-order valence-corrected chi connectivity index (χ4v) is 3.82. The van der Waals surface area contributed by atoms with Gasteiger partial charge in [0.2, 0.25) is 5.91 Å². The monoisotopic (exact) mass is 358 g/mol. The molecule has 25 heavy (non-hydrogen) atoms. The highest BCUT2D eigenvalue weighted by atomic mass is 32.2. The number of ether oxygens (including phenoxy) is 1. The minimum absolute atomic E-state index is 0.0523. The molecule has 0 atom stereocenters. The number of hydrogen-bond acceptors (Lipinski definition) is 5. The molecule has 1 aromatic carbocycles. The molecule has 0 aliphatic carbocycles. The Morgan fingerprint density at radius 2 is 2.12 bits per heavy atom. The van der Waals surface area contributed by atoms with Crippen molar-refractivity contribution in [1.29, 1.82) is 0 Å². The Hall–Kier alpha value is -2.32. The highest BCUT2D eigenvalue weighted by molar-refractivity contribution is 8.00. The van der Waals surface area contributed by atoms with Crippen LogP contribution in [0, 0.1) is 0 Å². The molecule has 3 N–H and O–H groups in total. The minimum atomic E-state index is -0.252. The first kappa shape index (κ1) is 16.2. The van der Waals surface area contributed by atoms with E-state index in [1.165, 1.54) is 11.8 Å². The molecule has 7 nitrogen and oxygen atoms in total. The maximum Gasteiger partial charge on any atom is 0.256 e. The third-order valence-corrected chi connectivity index (χ3v) is 5.45. The lowest BCUT2D eigenvalue weighted by Crippen LogP contribution is -2.20. The van der Waals surface area contributed by atoms with Crippen LogP contribution in [-0.4, -0.2) is 41.0 Å². The van der Waals surface area contributed by atoms with Gasteiger partial charge in [-0.3, -0.25) is 14.7 Å². The number of hydrogen-bond donors (Lipinski definition) is 3. The first-order valence-corrected chi connectivity index (χ1v) is 9.19. The second-order valence-corrected chi connectivity index (χ2v) is 7.11. The number of aromatic amines is 1. The topological polar surface area (TPSA) is 96.1 Å². The maximum absolute atomic E-state index is 12.5. The number of H-pyrrole nitrogens is 1. The summed E-state index contributed by atoms with van der Waals surface area (Å²) in [5, 5.41) is 12.8. The summed E-state index contributed by atoms with van der Waals surface area (Å²) >= 11 is 1.47. The number of fused-ring (bicyclic) bond motifs is 1. The zero-order chi connectivity index (χ0) is 17.2. The summed E-state index contributed by atoms with van der Waals surface area (Å²) in [4.78, 5) is 24.9. The molecule has 0 bridgehead atoms. The van der Waals surface area contributed by atoms with Gasteiger partial charge in [-0.2, -0.15) is 5.10 Å². The predicted molar refractivity (Wildman–Crippen MR) is 95.1 cm³/mol. The zero-order valence-corrected chi connectivity index (χ0v) is 14.3. The van der Waals surface area contributed by atoms with Crippen LogP contribution in [-0.2, 0) is 9.53 Å². The number of nitrogens with one attached hydrogen (secondary N) is 3. The van der Waals surface area contributed by atoms with Crippen LogP contribution in [0.15, 0.2) is 29.2 Å². The average Bonchev–Trinajstić information content (AvgIpc) is 3.10. The Morgan fingerprint density at radius 3 is 2.96 bits per heavy atom. The van der Waals surface area contributed by atoms with E-state index in [2.05, 4.69) is 20.8 Å². The Bertz CT molecular complexity index is 814. The molecule has 1 fully saturated rings. The summed E-state index contributed by atoms with van der Waals surface area (Å²) in [6.45, 7) is 1.51. The second-order valence-electron chi connectivity index (χ2n) is 6.10. The smallest absolute Gasteiger partial charge is 0.256 e. The molecule has 2 amide bonds. The van der Waals surface area contributed by atoms with E-state index in [0.717, 1.165) is 36.6 Å². The van der Waals surface area contributed by atoms with Crippen molar-refractivity contribution in [2.45, 2.75) is 23.7 Å². The van der Waals surface area contributed by atoms with Gasteiger partial charge in [0.15, 0.2) is 5.82 Å². The summed E-state index contributed by atoms with van der Waals surface area (Å²) < 4.78 is 5.37. The van der Waals surface area contributed by atoms with Crippen LogP contribution in [0.1, 0.15) is 34.8 Å². The van der Waals surface area contributed by atoms with E-state index in [1.54, 1.807) is 12.1 Å². The van der Waals surface area contributed by atoms with Gasteiger partial charge in [0.25, 0.3) is 5.91 Å². The van der Waals surface area contributed by atoms with E-state index in [-0.39, 0.29) is 11.8 Å². The molecule has 2 aliphatic rings. The number of thioether (sulfide) groups is 1. The molecule has 0 unspecified atom stereocenters. The van der Waals surface area contributed by atoms with Gasteiger partial charge in [0.1, 0.15) is 0 Å². The molecule has 4 rings (SSSR count). The molecule has 1 saturated heterocycles. The maximum atomic E-state index is 12.5. The largest absolute Gasteiger partial charge is 0.381 e. The summed E-state index contributed by atoms with van der Waals surface area (Å²) in [6, 6.07) is 7.18. The van der Waals surface area contributed by atoms with E-state index in [9.17, 15) is 9.59 Å². The zero-order valence-electron chi connectivity index (χ0n) is 13.5. The molecule has 0 spiro atoms. The van der Waals surface area contributed by atoms with E-state index in [1.807, 2.05) is 12.1 Å². The minimum Gasteiger partial charge on any atom is -0.381 e. The normalized spacial score (nSPS) is 17.7. The van der Waals surface area contributed by atoms with Crippen molar-refractivity contribution in [1.82, 2.24) is 10.2 Å². The molecular weight excluding hydrogens is 340 g/mol. The van der Waals surface area contributed by atoms with Gasteiger partial charge in [-0.05, 0) is 31.0 Å². The number of nitrogens with zero attached hydrogens (tertiary/aromatic N) is 1. The van der Waals surface area contributed by atoms with Crippen LogP contribution in [0.4, 0.5) is 11.5 Å². The van der Waals surface area contributed by atoms with Crippen molar-refractivity contribution in [3.05, 3.63) is 35.5 Å². The SMILES string of the molecule is O=C1CSc2ccc(C(=O)Nc3cc(C4CCOCC4)[nH]n3)cc2N1. The van der Waals surface area contributed by atoms with Gasteiger partial charge < -0.3 is 15.4 Å². The standard InChI is InChI=1S/C17H18N4O3S/c22-16-9-25-14-2-1-11(7-13(14)18-16)17(23)19-15-8-12(20-21-15)10-3-5-24-6-4-10/h1-2,7-8,10H,3-6,9H2,(H,18,22)(H2,19,20,21,23). The number of anilines is 2. The van der Waals surface area contributed by atoms with Gasteiger partial charge in [-0.25, -0.2) is 0 Å². The number of rotatable bonds is 3. The van der Waals surface area contributed by atoms with E-state index < -0.39 is 0 Å². The van der Waals surface area contributed by atoms with E-state index in [0.29, 0.717) is 28.7 Å². The number of aromatic nitrogens is 2. The Kier molecular flexibility index (Phi) is 4.46. The van der Waals surface area contributed by atoms with E-state index >= 15 is 0 Å².